The Labute approximate surface area is 73.2 Å². The highest BCUT2D eigenvalue weighted by Crippen LogP contribution is 2.29. The van der Waals surface area contributed by atoms with Crippen LogP contribution < -0.4 is 0 Å². The van der Waals surface area contributed by atoms with Gasteiger partial charge in [-0.3, -0.25) is 9.59 Å². The van der Waals surface area contributed by atoms with E-state index in [0.717, 1.165) is 0 Å². The molecule has 1 aliphatic carbocycles. The molecule has 0 aliphatic heterocycles. The number of Topliss-reactive ketones (excluding diaryl/α,β-unsaturated/α-hetero) is 1. The lowest BCUT2D eigenvalue weighted by molar-refractivity contribution is -0.145. The zero-order valence-corrected chi connectivity index (χ0v) is 7.76. The van der Waals surface area contributed by atoms with Gasteiger partial charge in [-0.25, -0.2) is 0 Å². The van der Waals surface area contributed by atoms with Gasteiger partial charge in [0.05, 0.1) is 17.9 Å². The van der Waals surface area contributed by atoms with Crippen LogP contribution in [-0.4, -0.2) is 23.7 Å². The molecular weight excluding hydrogens is 212 g/mol. The van der Waals surface area contributed by atoms with Gasteiger partial charge in [0.2, 0.25) is 0 Å². The van der Waals surface area contributed by atoms with Crippen LogP contribution in [0.15, 0.2) is 0 Å². The van der Waals surface area contributed by atoms with Crippen molar-refractivity contribution in [2.75, 3.05) is 7.11 Å². The Morgan fingerprint density at radius 2 is 2.36 bits per heavy atom. The lowest BCUT2D eigenvalue weighted by Gasteiger charge is -2.08. The molecule has 0 aromatic rings. The average Bonchev–Trinajstić information content (AvgIpc) is 2.32. The van der Waals surface area contributed by atoms with Crippen LogP contribution in [0.4, 0.5) is 0 Å². The van der Waals surface area contributed by atoms with Crippen LogP contribution in [0, 0.1) is 5.92 Å². The maximum atomic E-state index is 11.0. The summed E-state index contributed by atoms with van der Waals surface area (Å²) in [5, 5.41) is 0. The van der Waals surface area contributed by atoms with E-state index in [1.807, 2.05) is 0 Å². The molecule has 0 radical (unpaired) electrons. The SMILES string of the molecule is COC(=O)C1CCC(=O)C1Br. The maximum absolute atomic E-state index is 11.0. The third-order valence-corrected chi connectivity index (χ3v) is 3.02. The number of carbonyl (C=O) groups is 2. The fourth-order valence-corrected chi connectivity index (χ4v) is 1.90. The summed E-state index contributed by atoms with van der Waals surface area (Å²) >= 11 is 3.16. The highest BCUT2D eigenvalue weighted by molar-refractivity contribution is 9.10. The molecule has 1 fully saturated rings. The number of ketones is 1. The Morgan fingerprint density at radius 1 is 1.73 bits per heavy atom. The van der Waals surface area contributed by atoms with Gasteiger partial charge in [-0.2, -0.15) is 0 Å². The summed E-state index contributed by atoms with van der Waals surface area (Å²) in [6.07, 6.45) is 1.09. The first kappa shape index (κ1) is 8.71. The summed E-state index contributed by atoms with van der Waals surface area (Å²) in [6.45, 7) is 0. The molecular formula is C7H9BrO3. The van der Waals surface area contributed by atoms with Gasteiger partial charge >= 0.3 is 5.97 Å². The standard InChI is InChI=1S/C7H9BrO3/c1-11-7(10)4-2-3-5(9)6(4)8/h4,6H,2-3H2,1H3. The topological polar surface area (TPSA) is 43.4 Å². The predicted octanol–water partition coefficient (Wildman–Crippen LogP) is 0.902. The van der Waals surface area contributed by atoms with E-state index in [9.17, 15) is 9.59 Å². The molecule has 1 rings (SSSR count). The number of carbonyl (C=O) groups excluding carboxylic acids is 2. The van der Waals surface area contributed by atoms with Crippen molar-refractivity contribution >= 4 is 27.7 Å². The second kappa shape index (κ2) is 3.34. The molecule has 1 saturated carbocycles. The number of esters is 1. The van der Waals surface area contributed by atoms with E-state index < -0.39 is 0 Å². The van der Waals surface area contributed by atoms with Crippen molar-refractivity contribution in [1.29, 1.82) is 0 Å². The lowest BCUT2D eigenvalue weighted by Crippen LogP contribution is -2.23. The molecule has 0 bridgehead atoms. The summed E-state index contributed by atoms with van der Waals surface area (Å²) in [7, 11) is 1.34. The molecule has 0 heterocycles. The molecule has 0 spiro atoms. The van der Waals surface area contributed by atoms with E-state index in [0.29, 0.717) is 12.8 Å². The van der Waals surface area contributed by atoms with Gasteiger partial charge in [0.15, 0.2) is 0 Å². The van der Waals surface area contributed by atoms with Crippen molar-refractivity contribution in [3.05, 3.63) is 0 Å². The third-order valence-electron chi connectivity index (χ3n) is 1.87. The zero-order chi connectivity index (χ0) is 8.43. The molecule has 1 aliphatic rings. The summed E-state index contributed by atoms with van der Waals surface area (Å²) in [4.78, 5) is 21.6. The van der Waals surface area contributed by atoms with Crippen molar-refractivity contribution in [2.24, 2.45) is 5.92 Å². The van der Waals surface area contributed by atoms with E-state index in [1.165, 1.54) is 7.11 Å². The first-order valence-corrected chi connectivity index (χ1v) is 4.33. The van der Waals surface area contributed by atoms with Crippen molar-refractivity contribution in [3.63, 3.8) is 0 Å². The van der Waals surface area contributed by atoms with Gasteiger partial charge in [-0.1, -0.05) is 15.9 Å². The monoisotopic (exact) mass is 220 g/mol. The second-order valence-corrected chi connectivity index (χ2v) is 3.52. The Bertz CT molecular complexity index is 190. The summed E-state index contributed by atoms with van der Waals surface area (Å²) in [6, 6.07) is 0. The molecule has 3 nitrogen and oxygen atoms in total. The van der Waals surface area contributed by atoms with Crippen LogP contribution in [0.1, 0.15) is 12.8 Å². The van der Waals surface area contributed by atoms with E-state index in [4.69, 9.17) is 0 Å². The van der Waals surface area contributed by atoms with Gasteiger partial charge in [-0.15, -0.1) is 0 Å². The van der Waals surface area contributed by atoms with Gasteiger partial charge in [0, 0.05) is 6.42 Å². The Kier molecular flexibility index (Phi) is 2.65. The van der Waals surface area contributed by atoms with Crippen LogP contribution in [0.25, 0.3) is 0 Å². The molecule has 2 atom stereocenters. The zero-order valence-electron chi connectivity index (χ0n) is 6.17. The number of rotatable bonds is 1. The van der Waals surface area contributed by atoms with Crippen LogP contribution in [0.2, 0.25) is 0 Å². The summed E-state index contributed by atoms with van der Waals surface area (Å²) in [5.41, 5.74) is 0. The van der Waals surface area contributed by atoms with Crippen molar-refractivity contribution in [1.82, 2.24) is 0 Å². The quantitative estimate of drug-likeness (QED) is 0.488. The number of alkyl halides is 1. The van der Waals surface area contributed by atoms with Gasteiger partial charge < -0.3 is 4.74 Å². The number of halogens is 1. The molecule has 0 aromatic heterocycles. The second-order valence-electron chi connectivity index (χ2n) is 2.54. The summed E-state index contributed by atoms with van der Waals surface area (Å²) in [5.74, 6) is -0.467. The van der Waals surface area contributed by atoms with Crippen LogP contribution in [0.5, 0.6) is 0 Å². The smallest absolute Gasteiger partial charge is 0.310 e. The van der Waals surface area contributed by atoms with Crippen molar-refractivity contribution in [2.45, 2.75) is 17.7 Å². The molecule has 62 valence electrons. The first-order chi connectivity index (χ1) is 5.16. The molecule has 2 unspecified atom stereocenters. The Balaban J connectivity index is 2.61. The van der Waals surface area contributed by atoms with E-state index in [1.54, 1.807) is 0 Å². The van der Waals surface area contributed by atoms with Crippen LogP contribution in [-0.2, 0) is 14.3 Å². The molecule has 4 heteroatoms. The van der Waals surface area contributed by atoms with Gasteiger partial charge in [0.25, 0.3) is 0 Å². The van der Waals surface area contributed by atoms with E-state index >= 15 is 0 Å². The highest BCUT2D eigenvalue weighted by Gasteiger charge is 2.37. The fourth-order valence-electron chi connectivity index (χ4n) is 1.20. The van der Waals surface area contributed by atoms with Gasteiger partial charge in [0.1, 0.15) is 5.78 Å². The molecule has 0 amide bonds. The van der Waals surface area contributed by atoms with E-state index in [2.05, 4.69) is 20.7 Å². The van der Waals surface area contributed by atoms with Crippen molar-refractivity contribution < 1.29 is 14.3 Å². The molecule has 0 N–H and O–H groups in total. The number of ether oxygens (including phenoxy) is 1. The van der Waals surface area contributed by atoms with Gasteiger partial charge in [-0.05, 0) is 6.42 Å². The number of methoxy groups -OCH3 is 1. The van der Waals surface area contributed by atoms with Crippen LogP contribution in [0.3, 0.4) is 0 Å². The predicted molar refractivity (Wildman–Crippen MR) is 42.5 cm³/mol. The number of hydrogen-bond donors (Lipinski definition) is 0. The molecule has 0 aromatic carbocycles. The highest BCUT2D eigenvalue weighted by atomic mass is 79.9. The minimum absolute atomic E-state index is 0.0976. The Morgan fingerprint density at radius 3 is 2.73 bits per heavy atom. The lowest BCUT2D eigenvalue weighted by atomic mass is 10.1. The van der Waals surface area contributed by atoms with Crippen LogP contribution >= 0.6 is 15.9 Å². The fraction of sp³-hybridized carbons (Fsp3) is 0.714. The third kappa shape index (κ3) is 1.61. The largest absolute Gasteiger partial charge is 0.469 e. The minimum Gasteiger partial charge on any atom is -0.469 e. The number of hydrogen-bond acceptors (Lipinski definition) is 3. The average molecular weight is 221 g/mol. The summed E-state index contributed by atoms with van der Waals surface area (Å²) < 4.78 is 4.53. The van der Waals surface area contributed by atoms with Crippen molar-refractivity contribution in [3.8, 4) is 0 Å². The Hall–Kier alpha value is -0.380. The van der Waals surface area contributed by atoms with E-state index in [-0.39, 0.29) is 22.5 Å². The molecule has 11 heavy (non-hydrogen) atoms. The molecule has 0 saturated heterocycles. The minimum atomic E-state index is -0.324. The maximum Gasteiger partial charge on any atom is 0.310 e. The first-order valence-electron chi connectivity index (χ1n) is 3.41. The normalized spacial score (nSPS) is 30.5.